The standard InChI is InChI=1S/C11H12ClN3O5/c1-6(2)14(5-8(16)17)11(18)7-3-4-13-10(12)9(7)15(19)20/h3-4,6H,5H2,1-2H3,(H,16,17). The molecule has 0 atom stereocenters. The minimum Gasteiger partial charge on any atom is -0.480 e. The number of hydrogen-bond acceptors (Lipinski definition) is 5. The predicted molar refractivity (Wildman–Crippen MR) is 69.7 cm³/mol. The first-order valence-electron chi connectivity index (χ1n) is 5.57. The van der Waals surface area contributed by atoms with Crippen molar-refractivity contribution >= 4 is 29.2 Å². The zero-order chi connectivity index (χ0) is 15.4. The van der Waals surface area contributed by atoms with Gasteiger partial charge < -0.3 is 10.0 Å². The average Bonchev–Trinajstić information content (AvgIpc) is 2.33. The fraction of sp³-hybridized carbons (Fsp3) is 0.364. The van der Waals surface area contributed by atoms with Crippen LogP contribution in [0.15, 0.2) is 12.3 Å². The molecule has 108 valence electrons. The highest BCUT2D eigenvalue weighted by atomic mass is 35.5. The third-order valence-electron chi connectivity index (χ3n) is 2.48. The second kappa shape index (κ2) is 6.29. The summed E-state index contributed by atoms with van der Waals surface area (Å²) in [5, 5.41) is 19.3. The highest BCUT2D eigenvalue weighted by Gasteiger charge is 2.30. The number of carboxylic acids is 1. The number of pyridine rings is 1. The highest BCUT2D eigenvalue weighted by molar-refractivity contribution is 6.32. The first-order valence-corrected chi connectivity index (χ1v) is 5.95. The molecule has 1 N–H and O–H groups in total. The van der Waals surface area contributed by atoms with Gasteiger partial charge in [0.2, 0.25) is 5.15 Å². The van der Waals surface area contributed by atoms with Crippen molar-refractivity contribution in [1.29, 1.82) is 0 Å². The summed E-state index contributed by atoms with van der Waals surface area (Å²) >= 11 is 5.62. The van der Waals surface area contributed by atoms with Gasteiger partial charge in [0.15, 0.2) is 0 Å². The average molecular weight is 302 g/mol. The van der Waals surface area contributed by atoms with Crippen molar-refractivity contribution in [3.63, 3.8) is 0 Å². The number of aliphatic carboxylic acids is 1. The summed E-state index contributed by atoms with van der Waals surface area (Å²) in [6.45, 7) is 2.65. The molecule has 9 heteroatoms. The van der Waals surface area contributed by atoms with Crippen LogP contribution in [0.3, 0.4) is 0 Å². The molecule has 0 saturated heterocycles. The van der Waals surface area contributed by atoms with Gasteiger partial charge in [-0.25, -0.2) is 4.98 Å². The molecule has 0 fully saturated rings. The maximum Gasteiger partial charge on any atom is 0.323 e. The molecule has 1 amide bonds. The van der Waals surface area contributed by atoms with Crippen molar-refractivity contribution in [2.45, 2.75) is 19.9 Å². The zero-order valence-corrected chi connectivity index (χ0v) is 11.5. The molecular weight excluding hydrogens is 290 g/mol. The van der Waals surface area contributed by atoms with E-state index in [4.69, 9.17) is 16.7 Å². The van der Waals surface area contributed by atoms with Crippen molar-refractivity contribution in [2.75, 3.05) is 6.54 Å². The van der Waals surface area contributed by atoms with Gasteiger partial charge in [0.1, 0.15) is 12.1 Å². The summed E-state index contributed by atoms with van der Waals surface area (Å²) in [7, 11) is 0. The molecule has 0 spiro atoms. The molecule has 20 heavy (non-hydrogen) atoms. The molecule has 0 aliphatic carbocycles. The number of amides is 1. The van der Waals surface area contributed by atoms with Gasteiger partial charge in [-0.1, -0.05) is 11.6 Å². The number of rotatable bonds is 5. The van der Waals surface area contributed by atoms with Crippen LogP contribution < -0.4 is 0 Å². The van der Waals surface area contributed by atoms with Crippen molar-refractivity contribution in [3.8, 4) is 0 Å². The summed E-state index contributed by atoms with van der Waals surface area (Å²) in [6, 6.07) is 0.703. The van der Waals surface area contributed by atoms with Crippen LogP contribution in [0.1, 0.15) is 24.2 Å². The Balaban J connectivity index is 3.28. The molecule has 1 aromatic heterocycles. The fourth-order valence-corrected chi connectivity index (χ4v) is 1.79. The van der Waals surface area contributed by atoms with Crippen molar-refractivity contribution in [1.82, 2.24) is 9.88 Å². The van der Waals surface area contributed by atoms with Crippen LogP contribution in [0.5, 0.6) is 0 Å². The molecule has 0 bridgehead atoms. The van der Waals surface area contributed by atoms with E-state index < -0.39 is 40.2 Å². The maximum atomic E-state index is 12.3. The zero-order valence-electron chi connectivity index (χ0n) is 10.7. The van der Waals surface area contributed by atoms with Crippen LogP contribution >= 0.6 is 11.6 Å². The number of nitrogens with zero attached hydrogens (tertiary/aromatic N) is 3. The lowest BCUT2D eigenvalue weighted by Crippen LogP contribution is -2.40. The second-order valence-electron chi connectivity index (χ2n) is 4.18. The number of carbonyl (C=O) groups excluding carboxylic acids is 1. The van der Waals surface area contributed by atoms with Crippen LogP contribution in [0.4, 0.5) is 5.69 Å². The molecule has 1 aromatic rings. The smallest absolute Gasteiger partial charge is 0.323 e. The van der Waals surface area contributed by atoms with Gasteiger partial charge in [0, 0.05) is 12.2 Å². The Hall–Kier alpha value is -2.22. The van der Waals surface area contributed by atoms with Gasteiger partial charge in [-0.3, -0.25) is 19.7 Å². The Morgan fingerprint density at radius 1 is 1.55 bits per heavy atom. The molecule has 0 saturated carbocycles. The summed E-state index contributed by atoms with van der Waals surface area (Å²) in [5.41, 5.74) is -0.917. The minimum absolute atomic E-state index is 0.287. The predicted octanol–water partition coefficient (Wildman–Crippen LogP) is 1.58. The molecule has 0 aliphatic heterocycles. The lowest BCUT2D eigenvalue weighted by Gasteiger charge is -2.24. The fourth-order valence-electron chi connectivity index (χ4n) is 1.56. The van der Waals surface area contributed by atoms with Crippen LogP contribution in [0.2, 0.25) is 5.15 Å². The van der Waals surface area contributed by atoms with E-state index in [0.29, 0.717) is 0 Å². The molecule has 1 rings (SSSR count). The first-order chi connectivity index (χ1) is 9.25. The number of carbonyl (C=O) groups is 2. The summed E-state index contributed by atoms with van der Waals surface area (Å²) in [4.78, 5) is 37.7. The van der Waals surface area contributed by atoms with Crippen molar-refractivity contribution in [3.05, 3.63) is 33.1 Å². The third kappa shape index (κ3) is 3.41. The van der Waals surface area contributed by atoms with Gasteiger partial charge in [-0.15, -0.1) is 0 Å². The van der Waals surface area contributed by atoms with E-state index in [1.54, 1.807) is 13.8 Å². The largest absolute Gasteiger partial charge is 0.480 e. The molecule has 8 nitrogen and oxygen atoms in total. The maximum absolute atomic E-state index is 12.3. The van der Waals surface area contributed by atoms with Gasteiger partial charge >= 0.3 is 11.7 Å². The Bertz CT molecular complexity index is 561. The van der Waals surface area contributed by atoms with Gasteiger partial charge in [0.05, 0.1) is 4.92 Å². The van der Waals surface area contributed by atoms with Gasteiger partial charge in [-0.2, -0.15) is 0 Å². The Morgan fingerprint density at radius 3 is 2.60 bits per heavy atom. The van der Waals surface area contributed by atoms with Crippen molar-refractivity contribution < 1.29 is 19.6 Å². The molecular formula is C11H12ClN3O5. The van der Waals surface area contributed by atoms with Crippen LogP contribution in [-0.4, -0.2) is 44.4 Å². The number of hydrogen-bond donors (Lipinski definition) is 1. The Labute approximate surface area is 119 Å². The lowest BCUT2D eigenvalue weighted by molar-refractivity contribution is -0.385. The van der Waals surface area contributed by atoms with Crippen LogP contribution in [0.25, 0.3) is 0 Å². The number of carboxylic acid groups (broad SMARTS) is 1. The molecule has 1 heterocycles. The van der Waals surface area contributed by atoms with E-state index in [2.05, 4.69) is 4.98 Å². The van der Waals surface area contributed by atoms with Gasteiger partial charge in [0.25, 0.3) is 5.91 Å². The van der Waals surface area contributed by atoms with E-state index >= 15 is 0 Å². The van der Waals surface area contributed by atoms with E-state index in [1.807, 2.05) is 0 Å². The summed E-state index contributed by atoms with van der Waals surface area (Å²) in [5.74, 6) is -1.99. The minimum atomic E-state index is -1.21. The van der Waals surface area contributed by atoms with E-state index in [-0.39, 0.29) is 5.56 Å². The van der Waals surface area contributed by atoms with Crippen LogP contribution in [-0.2, 0) is 4.79 Å². The Kier molecular flexibility index (Phi) is 4.98. The van der Waals surface area contributed by atoms with Crippen LogP contribution in [0, 0.1) is 10.1 Å². The van der Waals surface area contributed by atoms with E-state index in [0.717, 1.165) is 17.2 Å². The second-order valence-corrected chi connectivity index (χ2v) is 4.53. The number of nitro groups is 1. The molecule has 0 radical (unpaired) electrons. The quantitative estimate of drug-likeness (QED) is 0.501. The molecule has 0 aromatic carbocycles. The monoisotopic (exact) mass is 301 g/mol. The first kappa shape index (κ1) is 15.8. The highest BCUT2D eigenvalue weighted by Crippen LogP contribution is 2.27. The number of aromatic nitrogens is 1. The topological polar surface area (TPSA) is 114 Å². The summed E-state index contributed by atoms with van der Waals surface area (Å²) < 4.78 is 0. The van der Waals surface area contributed by atoms with E-state index in [1.165, 1.54) is 0 Å². The van der Waals surface area contributed by atoms with E-state index in [9.17, 15) is 19.7 Å². The molecule has 0 unspecified atom stereocenters. The van der Waals surface area contributed by atoms with Crippen molar-refractivity contribution in [2.24, 2.45) is 0 Å². The summed E-state index contributed by atoms with van der Waals surface area (Å²) in [6.07, 6.45) is 1.15. The third-order valence-corrected chi connectivity index (χ3v) is 2.76. The van der Waals surface area contributed by atoms with Gasteiger partial charge in [-0.05, 0) is 19.9 Å². The number of halogens is 1. The molecule has 0 aliphatic rings. The normalized spacial score (nSPS) is 10.4. The lowest BCUT2D eigenvalue weighted by atomic mass is 10.1. The SMILES string of the molecule is CC(C)N(CC(=O)O)C(=O)c1ccnc(Cl)c1[N+](=O)[O-]. The Morgan fingerprint density at radius 2 is 2.15 bits per heavy atom.